The molecule has 2 nitrogen and oxygen atoms in total. The molecule has 5 heteroatoms. The molecule has 0 aliphatic rings. The molecule has 0 saturated heterocycles. The van der Waals surface area contributed by atoms with Gasteiger partial charge >= 0.3 is 0 Å². The normalized spacial score (nSPS) is 9.50. The summed E-state index contributed by atoms with van der Waals surface area (Å²) in [5, 5.41) is 0. The highest BCUT2D eigenvalue weighted by Gasteiger charge is 1.94. The van der Waals surface area contributed by atoms with Gasteiger partial charge in [-0.3, -0.25) is 0 Å². The van der Waals surface area contributed by atoms with Gasteiger partial charge in [0, 0.05) is 0 Å². The average molecular weight is 176 g/mol. The van der Waals surface area contributed by atoms with Gasteiger partial charge < -0.3 is 4.44 Å². The number of aromatic nitrogens is 1. The van der Waals surface area contributed by atoms with Gasteiger partial charge in [-0.25, -0.2) is 9.37 Å². The van der Waals surface area contributed by atoms with Gasteiger partial charge in [-0.1, -0.05) is 0 Å². The van der Waals surface area contributed by atoms with Crippen molar-refractivity contribution in [2.24, 2.45) is 0 Å². The topological polar surface area (TPSA) is 16.1 Å². The largest absolute Gasteiger partial charge is 0.326 e. The van der Waals surface area contributed by atoms with Gasteiger partial charge in [-0.15, -0.1) is 0 Å². The van der Waals surface area contributed by atoms with Crippen LogP contribution in [0.5, 0.6) is 0 Å². The van der Waals surface area contributed by atoms with Crippen molar-refractivity contribution in [3.8, 4) is 0 Å². The van der Waals surface area contributed by atoms with Gasteiger partial charge in [0.1, 0.15) is 11.6 Å². The number of anilines is 1. The van der Waals surface area contributed by atoms with Crippen molar-refractivity contribution in [1.29, 1.82) is 0 Å². The zero-order valence-electron chi connectivity index (χ0n) is 5.16. The van der Waals surface area contributed by atoms with Gasteiger partial charge in [0.15, 0.2) is 0 Å². The van der Waals surface area contributed by atoms with Crippen LogP contribution in [-0.4, -0.2) is 4.98 Å². The first kappa shape index (κ1) is 7.84. The maximum absolute atomic E-state index is 12.3. The highest BCUT2D eigenvalue weighted by atomic mass is 31.1. The second-order valence-corrected chi connectivity index (χ2v) is 3.45. The number of rotatable bonds is 1. The molecule has 0 amide bonds. The molecule has 1 aromatic heterocycles. The first-order valence-corrected chi connectivity index (χ1v) is 3.64. The van der Waals surface area contributed by atoms with Crippen LogP contribution in [0.15, 0.2) is 18.3 Å². The Morgan fingerprint density at radius 1 is 1.40 bits per heavy atom. The maximum atomic E-state index is 12.3. The monoisotopic (exact) mass is 176 g/mol. The summed E-state index contributed by atoms with van der Waals surface area (Å²) >= 11 is 0. The minimum absolute atomic E-state index is 0.319. The molecule has 0 saturated carbocycles. The first-order chi connectivity index (χ1) is 4.70. The summed E-state index contributed by atoms with van der Waals surface area (Å²) in [7, 11) is 4.80. The number of halogens is 1. The van der Waals surface area contributed by atoms with Gasteiger partial charge in [-0.2, -0.15) is 0 Å². The standard InChI is InChI=1S/C5H7FN2P2/c6-4-1-2-5(7-3-4)8(9)10/h1-3H,9-10H2. The van der Waals surface area contributed by atoms with Gasteiger partial charge in [-0.05, 0) is 30.9 Å². The molecular weight excluding hydrogens is 169 g/mol. The lowest BCUT2D eigenvalue weighted by atomic mass is 10.5. The Hall–Kier alpha value is -0.260. The molecule has 10 heavy (non-hydrogen) atoms. The fourth-order valence-corrected chi connectivity index (χ4v) is 0.826. The van der Waals surface area contributed by atoms with Gasteiger partial charge in [0.05, 0.1) is 6.20 Å². The van der Waals surface area contributed by atoms with Crippen LogP contribution in [0.3, 0.4) is 0 Å². The third-order valence-corrected chi connectivity index (χ3v) is 1.51. The van der Waals surface area contributed by atoms with Crippen molar-refractivity contribution in [3.05, 3.63) is 24.1 Å². The number of nitrogens with zero attached hydrogens (tertiary/aromatic N) is 2. The Morgan fingerprint density at radius 2 is 2.10 bits per heavy atom. The summed E-state index contributed by atoms with van der Waals surface area (Å²) in [5.74, 6) is 0.372. The first-order valence-electron chi connectivity index (χ1n) is 2.61. The van der Waals surface area contributed by atoms with Crippen molar-refractivity contribution < 1.29 is 4.39 Å². The van der Waals surface area contributed by atoms with E-state index >= 15 is 0 Å². The van der Waals surface area contributed by atoms with E-state index in [9.17, 15) is 4.39 Å². The average Bonchev–Trinajstić information content (AvgIpc) is 1.88. The van der Waals surface area contributed by atoms with Crippen LogP contribution in [0.2, 0.25) is 0 Å². The van der Waals surface area contributed by atoms with Crippen molar-refractivity contribution in [1.82, 2.24) is 4.98 Å². The lowest BCUT2D eigenvalue weighted by Gasteiger charge is -2.08. The van der Waals surface area contributed by atoms with E-state index < -0.39 is 0 Å². The Labute approximate surface area is 63.3 Å². The van der Waals surface area contributed by atoms with E-state index in [0.29, 0.717) is 5.82 Å². The van der Waals surface area contributed by atoms with Crippen molar-refractivity contribution in [2.75, 3.05) is 4.44 Å². The van der Waals surface area contributed by atoms with Crippen molar-refractivity contribution >= 4 is 24.6 Å². The van der Waals surface area contributed by atoms with Gasteiger partial charge in [0.25, 0.3) is 0 Å². The summed E-state index contributed by atoms with van der Waals surface area (Å²) in [5.41, 5.74) is 0. The zero-order chi connectivity index (χ0) is 7.56. The van der Waals surface area contributed by atoms with E-state index in [2.05, 4.69) is 23.8 Å². The van der Waals surface area contributed by atoms with Crippen LogP contribution in [-0.2, 0) is 0 Å². The van der Waals surface area contributed by atoms with E-state index in [4.69, 9.17) is 0 Å². The second kappa shape index (κ2) is 3.23. The maximum Gasteiger partial charge on any atom is 0.141 e. The molecule has 0 aromatic carbocycles. The predicted molar refractivity (Wildman–Crippen MR) is 46.1 cm³/mol. The Morgan fingerprint density at radius 3 is 2.50 bits per heavy atom. The lowest BCUT2D eigenvalue weighted by Crippen LogP contribution is -1.92. The van der Waals surface area contributed by atoms with Crippen LogP contribution < -0.4 is 4.44 Å². The van der Waals surface area contributed by atoms with Crippen LogP contribution in [0.4, 0.5) is 10.2 Å². The summed E-state index contributed by atoms with van der Waals surface area (Å²) < 4.78 is 13.9. The highest BCUT2D eigenvalue weighted by molar-refractivity contribution is 7.39. The van der Waals surface area contributed by atoms with E-state index in [1.54, 1.807) is 10.5 Å². The fourth-order valence-electron chi connectivity index (χ4n) is 0.521. The van der Waals surface area contributed by atoms with E-state index in [0.717, 1.165) is 0 Å². The highest BCUT2D eigenvalue weighted by Crippen LogP contribution is 2.18. The molecule has 1 heterocycles. The quantitative estimate of drug-likeness (QED) is 0.604. The molecule has 0 radical (unpaired) electrons. The molecule has 0 bridgehead atoms. The number of pyridine rings is 1. The third-order valence-electron chi connectivity index (χ3n) is 0.976. The van der Waals surface area contributed by atoms with Crippen molar-refractivity contribution in [3.63, 3.8) is 0 Å². The van der Waals surface area contributed by atoms with Crippen LogP contribution in [0.25, 0.3) is 0 Å². The molecule has 54 valence electrons. The second-order valence-electron chi connectivity index (χ2n) is 1.74. The zero-order valence-corrected chi connectivity index (χ0v) is 7.47. The lowest BCUT2D eigenvalue weighted by molar-refractivity contribution is 0.622. The minimum Gasteiger partial charge on any atom is -0.326 e. The third kappa shape index (κ3) is 1.86. The SMILES string of the molecule is Fc1ccc(N(P)P)nc1. The van der Waals surface area contributed by atoms with Crippen molar-refractivity contribution in [2.45, 2.75) is 0 Å². The van der Waals surface area contributed by atoms with Crippen LogP contribution >= 0.6 is 18.8 Å². The predicted octanol–water partition coefficient (Wildman–Crippen LogP) is 1.61. The Bertz CT molecular complexity index is 211. The minimum atomic E-state index is -0.319. The van der Waals surface area contributed by atoms with E-state index in [1.165, 1.54) is 12.3 Å². The molecular formula is C5H7FN2P2. The van der Waals surface area contributed by atoms with Crippen LogP contribution in [0, 0.1) is 5.82 Å². The Kier molecular flexibility index (Phi) is 2.53. The number of hydrogen-bond donors (Lipinski definition) is 0. The molecule has 1 aromatic rings. The molecule has 1 rings (SSSR count). The molecule has 0 spiro atoms. The van der Waals surface area contributed by atoms with E-state index in [-0.39, 0.29) is 5.82 Å². The van der Waals surface area contributed by atoms with Crippen LogP contribution in [0.1, 0.15) is 0 Å². The molecule has 0 N–H and O–H groups in total. The van der Waals surface area contributed by atoms with E-state index in [1.807, 2.05) is 0 Å². The summed E-state index contributed by atoms with van der Waals surface area (Å²) in [4.78, 5) is 3.79. The summed E-state index contributed by atoms with van der Waals surface area (Å²) in [6.07, 6.45) is 1.18. The molecule has 2 unspecified atom stereocenters. The number of hydrogen-bond acceptors (Lipinski definition) is 2. The molecule has 0 fully saturated rings. The summed E-state index contributed by atoms with van der Waals surface area (Å²) in [6, 6.07) is 2.96. The smallest absolute Gasteiger partial charge is 0.141 e. The molecule has 0 aliphatic carbocycles. The summed E-state index contributed by atoms with van der Waals surface area (Å²) in [6.45, 7) is 0. The Balaban J connectivity index is 2.89. The molecule has 0 aliphatic heterocycles. The molecule has 2 atom stereocenters. The fraction of sp³-hybridized carbons (Fsp3) is 0. The van der Waals surface area contributed by atoms with Gasteiger partial charge in [0.2, 0.25) is 0 Å².